The molecule has 5 heteroatoms. The molecule has 1 N–H and O–H groups in total. The molecular formula is C13H18ClNO3. The van der Waals surface area contributed by atoms with Gasteiger partial charge in [0, 0.05) is 17.7 Å². The number of methoxy groups -OCH3 is 2. The number of carbonyl (C=O) groups excluding carboxylic acids is 1. The van der Waals surface area contributed by atoms with Crippen LogP contribution in [-0.4, -0.2) is 26.2 Å². The lowest BCUT2D eigenvalue weighted by Crippen LogP contribution is -2.32. The highest BCUT2D eigenvalue weighted by Gasteiger charge is 2.22. The third-order valence-corrected chi connectivity index (χ3v) is 2.81. The van der Waals surface area contributed by atoms with Gasteiger partial charge in [0.25, 0.3) is 0 Å². The Labute approximate surface area is 112 Å². The zero-order chi connectivity index (χ0) is 13.7. The lowest BCUT2D eigenvalue weighted by molar-refractivity contribution is -0.121. The number of benzene rings is 1. The summed E-state index contributed by atoms with van der Waals surface area (Å²) in [7, 11) is 3.10. The minimum absolute atomic E-state index is 0.0444. The molecule has 4 nitrogen and oxygen atoms in total. The van der Waals surface area contributed by atoms with Crippen LogP contribution < -0.4 is 14.8 Å². The van der Waals surface area contributed by atoms with Gasteiger partial charge in [-0.25, -0.2) is 0 Å². The molecule has 1 rings (SSSR count). The first-order chi connectivity index (χ1) is 8.49. The molecule has 0 spiro atoms. The molecule has 18 heavy (non-hydrogen) atoms. The Kier molecular flexibility index (Phi) is 5.28. The highest BCUT2D eigenvalue weighted by Crippen LogP contribution is 2.32. The third kappa shape index (κ3) is 3.53. The van der Waals surface area contributed by atoms with Crippen molar-refractivity contribution in [2.75, 3.05) is 14.2 Å². The Morgan fingerprint density at radius 3 is 2.44 bits per heavy atom. The number of alkyl halides is 1. The van der Waals surface area contributed by atoms with Crippen LogP contribution in [0.3, 0.4) is 0 Å². The quantitative estimate of drug-likeness (QED) is 0.837. The molecule has 1 amide bonds. The second-order valence-corrected chi connectivity index (χ2v) is 4.57. The van der Waals surface area contributed by atoms with Gasteiger partial charge in [-0.15, -0.1) is 11.6 Å². The smallest absolute Gasteiger partial charge is 0.242 e. The summed E-state index contributed by atoms with van der Waals surface area (Å²) in [5.74, 6) is 0.951. The second kappa shape index (κ2) is 6.50. The van der Waals surface area contributed by atoms with Crippen LogP contribution in [0.2, 0.25) is 0 Å². The summed E-state index contributed by atoms with van der Waals surface area (Å²) in [6.45, 7) is 3.76. The summed E-state index contributed by atoms with van der Waals surface area (Å²) in [5, 5.41) is 1.98. The van der Waals surface area contributed by atoms with Gasteiger partial charge in [0.2, 0.25) is 5.91 Å². The van der Waals surface area contributed by atoms with Crippen molar-refractivity contribution in [1.82, 2.24) is 5.32 Å². The van der Waals surface area contributed by atoms with Crippen molar-refractivity contribution in [2.24, 2.45) is 0 Å². The van der Waals surface area contributed by atoms with Gasteiger partial charge in [0.15, 0.2) is 0 Å². The molecule has 1 atom stereocenters. The lowest BCUT2D eigenvalue weighted by atomic mass is 10.1. The number of halogens is 1. The number of carbonyl (C=O) groups is 1. The Morgan fingerprint density at radius 2 is 1.94 bits per heavy atom. The summed E-state index contributed by atoms with van der Waals surface area (Å²) in [5.41, 5.74) is 0.623. The standard InChI is InChI=1S/C13H18ClNO3/c1-8(2)15-13(16)12(14)10-6-5-9(17-3)7-11(10)18-4/h5-8,12H,1-4H3,(H,15,16). The highest BCUT2D eigenvalue weighted by molar-refractivity contribution is 6.31. The molecule has 0 aliphatic rings. The first-order valence-corrected chi connectivity index (χ1v) is 6.09. The van der Waals surface area contributed by atoms with E-state index in [9.17, 15) is 4.79 Å². The summed E-state index contributed by atoms with van der Waals surface area (Å²) in [4.78, 5) is 11.8. The van der Waals surface area contributed by atoms with Crippen molar-refractivity contribution in [1.29, 1.82) is 0 Å². The number of hydrogen-bond acceptors (Lipinski definition) is 3. The van der Waals surface area contributed by atoms with Gasteiger partial charge >= 0.3 is 0 Å². The fraction of sp³-hybridized carbons (Fsp3) is 0.462. The predicted octanol–water partition coefficient (Wildman–Crippen LogP) is 2.51. The van der Waals surface area contributed by atoms with Gasteiger partial charge in [-0.2, -0.15) is 0 Å². The Bertz CT molecular complexity index is 421. The van der Waals surface area contributed by atoms with Crippen molar-refractivity contribution in [3.63, 3.8) is 0 Å². The fourth-order valence-corrected chi connectivity index (χ4v) is 1.77. The van der Waals surface area contributed by atoms with E-state index in [0.29, 0.717) is 17.1 Å². The van der Waals surface area contributed by atoms with E-state index in [-0.39, 0.29) is 11.9 Å². The lowest BCUT2D eigenvalue weighted by Gasteiger charge is -2.16. The van der Waals surface area contributed by atoms with Crippen molar-refractivity contribution >= 4 is 17.5 Å². The van der Waals surface area contributed by atoms with Crippen molar-refractivity contribution < 1.29 is 14.3 Å². The minimum Gasteiger partial charge on any atom is -0.497 e. The molecule has 0 heterocycles. The Morgan fingerprint density at radius 1 is 1.28 bits per heavy atom. The maximum absolute atomic E-state index is 11.8. The van der Waals surface area contributed by atoms with E-state index in [2.05, 4.69) is 5.32 Å². The number of amides is 1. The zero-order valence-corrected chi connectivity index (χ0v) is 11.7. The first kappa shape index (κ1) is 14.6. The third-order valence-electron chi connectivity index (χ3n) is 2.37. The number of nitrogens with one attached hydrogen (secondary N) is 1. The van der Waals surface area contributed by atoms with E-state index >= 15 is 0 Å². The summed E-state index contributed by atoms with van der Waals surface area (Å²) >= 11 is 6.15. The van der Waals surface area contributed by atoms with E-state index in [0.717, 1.165) is 0 Å². The SMILES string of the molecule is COc1ccc(C(Cl)C(=O)NC(C)C)c(OC)c1. The van der Waals surface area contributed by atoms with Gasteiger partial charge in [-0.05, 0) is 26.0 Å². The first-order valence-electron chi connectivity index (χ1n) is 5.66. The van der Waals surface area contributed by atoms with E-state index in [1.807, 2.05) is 13.8 Å². The summed E-state index contributed by atoms with van der Waals surface area (Å²) < 4.78 is 10.3. The molecule has 0 fully saturated rings. The van der Waals surface area contributed by atoms with E-state index < -0.39 is 5.38 Å². The molecule has 0 aliphatic carbocycles. The monoisotopic (exact) mass is 271 g/mol. The Hall–Kier alpha value is -1.42. The highest BCUT2D eigenvalue weighted by atomic mass is 35.5. The summed E-state index contributed by atoms with van der Waals surface area (Å²) in [6, 6.07) is 5.22. The fourth-order valence-electron chi connectivity index (χ4n) is 1.53. The predicted molar refractivity (Wildman–Crippen MR) is 71.4 cm³/mol. The van der Waals surface area contributed by atoms with E-state index in [1.165, 1.54) is 7.11 Å². The number of hydrogen-bond donors (Lipinski definition) is 1. The van der Waals surface area contributed by atoms with E-state index in [1.54, 1.807) is 25.3 Å². The van der Waals surface area contributed by atoms with Crippen LogP contribution in [-0.2, 0) is 4.79 Å². The van der Waals surface area contributed by atoms with Crippen LogP contribution in [0.25, 0.3) is 0 Å². The van der Waals surface area contributed by atoms with Crippen LogP contribution >= 0.6 is 11.6 Å². The molecule has 1 unspecified atom stereocenters. The van der Waals surface area contributed by atoms with Crippen LogP contribution in [0.15, 0.2) is 18.2 Å². The average molecular weight is 272 g/mol. The molecule has 100 valence electrons. The van der Waals surface area contributed by atoms with Gasteiger partial charge in [-0.1, -0.05) is 0 Å². The topological polar surface area (TPSA) is 47.6 Å². The molecule has 0 saturated carbocycles. The summed E-state index contributed by atoms with van der Waals surface area (Å²) in [6.07, 6.45) is 0. The minimum atomic E-state index is -0.784. The van der Waals surface area contributed by atoms with E-state index in [4.69, 9.17) is 21.1 Å². The van der Waals surface area contributed by atoms with Crippen LogP contribution in [0.1, 0.15) is 24.8 Å². The molecule has 1 aromatic carbocycles. The van der Waals surface area contributed by atoms with Crippen molar-refractivity contribution in [2.45, 2.75) is 25.3 Å². The molecule has 0 aromatic heterocycles. The van der Waals surface area contributed by atoms with Gasteiger partial charge in [0.05, 0.1) is 14.2 Å². The van der Waals surface area contributed by atoms with Crippen LogP contribution in [0, 0.1) is 0 Å². The van der Waals surface area contributed by atoms with Gasteiger partial charge in [0.1, 0.15) is 16.9 Å². The largest absolute Gasteiger partial charge is 0.497 e. The molecule has 0 saturated heterocycles. The molecule has 0 bridgehead atoms. The maximum Gasteiger partial charge on any atom is 0.242 e. The zero-order valence-electron chi connectivity index (χ0n) is 11.0. The maximum atomic E-state index is 11.8. The average Bonchev–Trinajstić information content (AvgIpc) is 2.36. The molecule has 0 radical (unpaired) electrons. The molecular weight excluding hydrogens is 254 g/mol. The molecule has 1 aromatic rings. The van der Waals surface area contributed by atoms with Gasteiger partial charge in [-0.3, -0.25) is 4.79 Å². The normalized spacial score (nSPS) is 12.1. The number of ether oxygens (including phenoxy) is 2. The second-order valence-electron chi connectivity index (χ2n) is 4.13. The van der Waals surface area contributed by atoms with Crippen molar-refractivity contribution in [3.05, 3.63) is 23.8 Å². The van der Waals surface area contributed by atoms with Crippen LogP contribution in [0.5, 0.6) is 11.5 Å². The van der Waals surface area contributed by atoms with Crippen LogP contribution in [0.4, 0.5) is 0 Å². The van der Waals surface area contributed by atoms with Gasteiger partial charge < -0.3 is 14.8 Å². The van der Waals surface area contributed by atoms with Crippen molar-refractivity contribution in [3.8, 4) is 11.5 Å². The molecule has 0 aliphatic heterocycles. The number of rotatable bonds is 5. The Balaban J connectivity index is 2.97.